The first-order valence-electron chi connectivity index (χ1n) is 7.96. The summed E-state index contributed by atoms with van der Waals surface area (Å²) in [6.07, 6.45) is 0.891. The first-order valence-corrected chi connectivity index (χ1v) is 9.40. The van der Waals surface area contributed by atoms with Crippen LogP contribution in [0.2, 0.25) is 0 Å². The van der Waals surface area contributed by atoms with Crippen LogP contribution < -0.4 is 5.32 Å². The fraction of sp³-hybridized carbons (Fsp3) is 0.500. The summed E-state index contributed by atoms with van der Waals surface area (Å²) in [5.74, 6) is -0.0275. The van der Waals surface area contributed by atoms with Gasteiger partial charge in [-0.15, -0.1) is 0 Å². The molecule has 0 unspecified atom stereocenters. The van der Waals surface area contributed by atoms with Crippen LogP contribution in [0.4, 0.5) is 0 Å². The number of nitriles is 1. The van der Waals surface area contributed by atoms with E-state index < -0.39 is 10.0 Å². The van der Waals surface area contributed by atoms with Crippen molar-refractivity contribution in [2.75, 3.05) is 39.3 Å². The first kappa shape index (κ1) is 18.4. The zero-order valence-corrected chi connectivity index (χ0v) is 14.6. The van der Waals surface area contributed by atoms with Gasteiger partial charge < -0.3 is 5.32 Å². The van der Waals surface area contributed by atoms with Gasteiger partial charge in [-0.1, -0.05) is 6.92 Å². The van der Waals surface area contributed by atoms with Gasteiger partial charge >= 0.3 is 0 Å². The molecule has 0 atom stereocenters. The molecule has 0 bridgehead atoms. The van der Waals surface area contributed by atoms with Crippen molar-refractivity contribution in [3.8, 4) is 6.07 Å². The summed E-state index contributed by atoms with van der Waals surface area (Å²) in [6, 6.07) is 7.89. The lowest BCUT2D eigenvalue weighted by atomic mass is 10.2. The Balaban J connectivity index is 1.93. The van der Waals surface area contributed by atoms with E-state index in [1.54, 1.807) is 0 Å². The highest BCUT2D eigenvalue weighted by atomic mass is 32.2. The summed E-state index contributed by atoms with van der Waals surface area (Å²) in [5.41, 5.74) is 0.428. The molecule has 0 aromatic heterocycles. The predicted octanol–water partition coefficient (Wildman–Crippen LogP) is 0.391. The normalized spacial score (nSPS) is 16.5. The molecule has 1 aromatic carbocycles. The third-order valence-corrected chi connectivity index (χ3v) is 5.80. The van der Waals surface area contributed by atoms with E-state index in [1.807, 2.05) is 17.9 Å². The molecular formula is C16H22N4O3S. The molecule has 24 heavy (non-hydrogen) atoms. The molecule has 7 nitrogen and oxygen atoms in total. The fourth-order valence-corrected chi connectivity index (χ4v) is 3.92. The lowest BCUT2D eigenvalue weighted by Gasteiger charge is -2.33. The number of hydrogen-bond donors (Lipinski definition) is 1. The van der Waals surface area contributed by atoms with Crippen LogP contribution in [0.5, 0.6) is 0 Å². The number of rotatable bonds is 6. The molecule has 130 valence electrons. The van der Waals surface area contributed by atoms with Crippen molar-refractivity contribution < 1.29 is 13.2 Å². The zero-order chi connectivity index (χ0) is 17.6. The Morgan fingerprint density at radius 1 is 1.21 bits per heavy atom. The second-order valence-corrected chi connectivity index (χ2v) is 7.60. The fourth-order valence-electron chi connectivity index (χ4n) is 2.50. The number of amides is 1. The summed E-state index contributed by atoms with van der Waals surface area (Å²) in [5, 5.41) is 11.6. The molecule has 2 rings (SSSR count). The van der Waals surface area contributed by atoms with Crippen LogP contribution in [0.1, 0.15) is 18.9 Å². The van der Waals surface area contributed by atoms with Gasteiger partial charge in [0.15, 0.2) is 0 Å². The topological polar surface area (TPSA) is 93.5 Å². The molecule has 1 saturated heterocycles. The average Bonchev–Trinajstić information content (AvgIpc) is 2.60. The van der Waals surface area contributed by atoms with E-state index in [-0.39, 0.29) is 10.8 Å². The SMILES string of the molecule is CCCNC(=O)CN1CCN(S(=O)(=O)c2ccc(C#N)cc2)CC1. The molecule has 1 aliphatic heterocycles. The Hall–Kier alpha value is -1.95. The summed E-state index contributed by atoms with van der Waals surface area (Å²) in [4.78, 5) is 13.9. The van der Waals surface area contributed by atoms with Crippen molar-refractivity contribution in [3.63, 3.8) is 0 Å². The number of benzene rings is 1. The Kier molecular flexibility index (Phi) is 6.31. The highest BCUT2D eigenvalue weighted by molar-refractivity contribution is 7.89. The van der Waals surface area contributed by atoms with Crippen molar-refractivity contribution in [3.05, 3.63) is 29.8 Å². The zero-order valence-electron chi connectivity index (χ0n) is 13.7. The summed E-state index contributed by atoms with van der Waals surface area (Å²) < 4.78 is 26.6. The lowest BCUT2D eigenvalue weighted by molar-refractivity contribution is -0.122. The molecule has 0 radical (unpaired) electrons. The predicted molar refractivity (Wildman–Crippen MR) is 89.7 cm³/mol. The Morgan fingerprint density at radius 3 is 2.38 bits per heavy atom. The number of hydrogen-bond acceptors (Lipinski definition) is 5. The van der Waals surface area contributed by atoms with Gasteiger partial charge in [0.25, 0.3) is 0 Å². The van der Waals surface area contributed by atoms with E-state index in [2.05, 4.69) is 5.32 Å². The van der Waals surface area contributed by atoms with Crippen LogP contribution in [-0.4, -0.2) is 62.8 Å². The van der Waals surface area contributed by atoms with Crippen LogP contribution in [-0.2, 0) is 14.8 Å². The van der Waals surface area contributed by atoms with E-state index in [9.17, 15) is 13.2 Å². The van der Waals surface area contributed by atoms with Gasteiger partial charge in [0.1, 0.15) is 0 Å². The van der Waals surface area contributed by atoms with Crippen LogP contribution in [0, 0.1) is 11.3 Å². The summed E-state index contributed by atoms with van der Waals surface area (Å²) >= 11 is 0. The van der Waals surface area contributed by atoms with Crippen LogP contribution >= 0.6 is 0 Å². The lowest BCUT2D eigenvalue weighted by Crippen LogP contribution is -2.51. The number of nitrogens with zero attached hydrogens (tertiary/aromatic N) is 3. The Bertz CT molecular complexity index is 702. The van der Waals surface area contributed by atoms with E-state index in [0.717, 1.165) is 6.42 Å². The van der Waals surface area contributed by atoms with E-state index >= 15 is 0 Å². The quantitative estimate of drug-likeness (QED) is 0.801. The van der Waals surface area contributed by atoms with Gasteiger partial charge in [-0.2, -0.15) is 9.57 Å². The number of sulfonamides is 1. The number of carbonyl (C=O) groups is 1. The molecule has 1 fully saturated rings. The molecule has 1 heterocycles. The molecule has 1 aromatic rings. The minimum atomic E-state index is -3.56. The largest absolute Gasteiger partial charge is 0.355 e. The maximum absolute atomic E-state index is 12.6. The highest BCUT2D eigenvalue weighted by Crippen LogP contribution is 2.18. The molecular weight excluding hydrogens is 328 g/mol. The third kappa shape index (κ3) is 4.54. The van der Waals surface area contributed by atoms with E-state index in [0.29, 0.717) is 44.8 Å². The van der Waals surface area contributed by atoms with E-state index in [1.165, 1.54) is 28.6 Å². The van der Waals surface area contributed by atoms with Gasteiger partial charge in [-0.05, 0) is 30.7 Å². The molecule has 1 aliphatic rings. The second kappa shape index (κ2) is 8.24. The monoisotopic (exact) mass is 350 g/mol. The Morgan fingerprint density at radius 2 is 1.83 bits per heavy atom. The smallest absolute Gasteiger partial charge is 0.243 e. The summed E-state index contributed by atoms with van der Waals surface area (Å²) in [6.45, 7) is 4.70. The Labute approximate surface area is 142 Å². The van der Waals surface area contributed by atoms with Crippen molar-refractivity contribution in [1.29, 1.82) is 5.26 Å². The maximum atomic E-state index is 12.6. The van der Waals surface area contributed by atoms with Gasteiger partial charge in [0.2, 0.25) is 15.9 Å². The van der Waals surface area contributed by atoms with Crippen molar-refractivity contribution in [2.45, 2.75) is 18.2 Å². The number of piperazine rings is 1. The van der Waals surface area contributed by atoms with Crippen LogP contribution in [0.15, 0.2) is 29.2 Å². The van der Waals surface area contributed by atoms with Gasteiger partial charge in [0, 0.05) is 32.7 Å². The molecule has 8 heteroatoms. The average molecular weight is 350 g/mol. The van der Waals surface area contributed by atoms with Gasteiger partial charge in [-0.25, -0.2) is 8.42 Å². The first-order chi connectivity index (χ1) is 11.5. The van der Waals surface area contributed by atoms with Crippen molar-refractivity contribution >= 4 is 15.9 Å². The standard InChI is InChI=1S/C16H22N4O3S/c1-2-7-18-16(21)13-19-8-10-20(11-9-19)24(22,23)15-5-3-14(12-17)4-6-15/h3-6H,2,7-11,13H2,1H3,(H,18,21). The second-order valence-electron chi connectivity index (χ2n) is 5.67. The molecule has 1 N–H and O–H groups in total. The van der Waals surface area contributed by atoms with Crippen molar-refractivity contribution in [2.24, 2.45) is 0 Å². The highest BCUT2D eigenvalue weighted by Gasteiger charge is 2.28. The van der Waals surface area contributed by atoms with Crippen molar-refractivity contribution in [1.82, 2.24) is 14.5 Å². The van der Waals surface area contributed by atoms with E-state index in [4.69, 9.17) is 5.26 Å². The summed E-state index contributed by atoms with van der Waals surface area (Å²) in [7, 11) is -3.56. The maximum Gasteiger partial charge on any atom is 0.243 e. The van der Waals surface area contributed by atoms with Crippen LogP contribution in [0.3, 0.4) is 0 Å². The number of nitrogens with one attached hydrogen (secondary N) is 1. The van der Waals surface area contributed by atoms with Crippen LogP contribution in [0.25, 0.3) is 0 Å². The minimum absolute atomic E-state index is 0.0275. The van der Waals surface area contributed by atoms with Gasteiger partial charge in [0.05, 0.1) is 23.1 Å². The molecule has 0 spiro atoms. The van der Waals surface area contributed by atoms with Gasteiger partial charge in [-0.3, -0.25) is 9.69 Å². The number of carbonyl (C=O) groups excluding carboxylic acids is 1. The molecule has 0 saturated carbocycles. The third-order valence-electron chi connectivity index (χ3n) is 3.89. The molecule has 1 amide bonds. The minimum Gasteiger partial charge on any atom is -0.355 e. The molecule has 0 aliphatic carbocycles.